The first-order valence-electron chi connectivity index (χ1n) is 9.67. The van der Waals surface area contributed by atoms with Gasteiger partial charge in [-0.05, 0) is 51.9 Å². The van der Waals surface area contributed by atoms with Gasteiger partial charge in [-0.25, -0.2) is 0 Å². The van der Waals surface area contributed by atoms with Crippen molar-refractivity contribution in [3.63, 3.8) is 0 Å². The second-order valence-corrected chi connectivity index (χ2v) is 21.8. The first-order valence-corrected chi connectivity index (χ1v) is 19.0. The average molecular weight is 376 g/mol. The van der Waals surface area contributed by atoms with Gasteiger partial charge in [-0.2, -0.15) is 0 Å². The van der Waals surface area contributed by atoms with Gasteiger partial charge in [-0.3, -0.25) is 0 Å². The van der Waals surface area contributed by atoms with E-state index in [-0.39, 0.29) is 0 Å². The normalized spacial score (nSPS) is 13.6. The van der Waals surface area contributed by atoms with Gasteiger partial charge in [0.2, 0.25) is 0 Å². The van der Waals surface area contributed by atoms with E-state index < -0.39 is 25.2 Å². The van der Waals surface area contributed by atoms with E-state index in [4.69, 9.17) is 8.23 Å². The summed E-state index contributed by atoms with van der Waals surface area (Å²) in [5.41, 5.74) is 0. The maximum atomic E-state index is 6.56. The van der Waals surface area contributed by atoms with Crippen LogP contribution >= 0.6 is 0 Å². The minimum absolute atomic E-state index is 1.09. The molecular formula is C18H43O2Si3. The van der Waals surface area contributed by atoms with Crippen LogP contribution in [-0.2, 0) is 8.23 Å². The lowest BCUT2D eigenvalue weighted by molar-refractivity contribution is 0.380. The van der Waals surface area contributed by atoms with Crippen molar-refractivity contribution in [3.05, 3.63) is 6.92 Å². The summed E-state index contributed by atoms with van der Waals surface area (Å²) in [5, 5.41) is 0. The third-order valence-electron chi connectivity index (χ3n) is 3.68. The molecule has 0 saturated heterocycles. The Morgan fingerprint density at radius 1 is 0.565 bits per heavy atom. The SMILES string of the molecule is [CH2]CCCCCCCCCC[Si](C)(O[Si](C)(C)C)O[Si](C)(C)C. The van der Waals surface area contributed by atoms with Crippen molar-refractivity contribution in [3.8, 4) is 0 Å². The van der Waals surface area contributed by atoms with Crippen LogP contribution < -0.4 is 0 Å². The summed E-state index contributed by atoms with van der Waals surface area (Å²) in [7, 11) is -5.06. The Morgan fingerprint density at radius 3 is 1.26 bits per heavy atom. The first kappa shape index (κ1) is 23.6. The fraction of sp³-hybridized carbons (Fsp3) is 0.944. The van der Waals surface area contributed by atoms with Crippen LogP contribution in [0.2, 0.25) is 51.9 Å². The molecule has 0 aromatic rings. The van der Waals surface area contributed by atoms with Gasteiger partial charge in [-0.1, -0.05) is 64.7 Å². The molecule has 0 atom stereocenters. The summed E-state index contributed by atoms with van der Waals surface area (Å²) in [4.78, 5) is 0. The van der Waals surface area contributed by atoms with Crippen LogP contribution in [0.1, 0.15) is 57.8 Å². The molecule has 0 aliphatic heterocycles. The maximum absolute atomic E-state index is 6.56. The molecule has 0 saturated carbocycles. The lowest BCUT2D eigenvalue weighted by Gasteiger charge is -2.38. The lowest BCUT2D eigenvalue weighted by Crippen LogP contribution is -2.52. The second-order valence-electron chi connectivity index (χ2n) is 8.99. The summed E-state index contributed by atoms with van der Waals surface area (Å²) in [5.74, 6) is 0. The fourth-order valence-corrected chi connectivity index (χ4v) is 15.7. The summed E-state index contributed by atoms with van der Waals surface area (Å²) >= 11 is 0. The molecule has 0 aliphatic carbocycles. The van der Waals surface area contributed by atoms with Gasteiger partial charge >= 0.3 is 8.56 Å². The molecule has 0 spiro atoms. The third kappa shape index (κ3) is 15.8. The molecule has 0 unspecified atom stereocenters. The van der Waals surface area contributed by atoms with Crippen LogP contribution in [0.4, 0.5) is 0 Å². The zero-order valence-electron chi connectivity index (χ0n) is 17.1. The molecule has 0 N–H and O–H groups in total. The van der Waals surface area contributed by atoms with E-state index in [0.717, 1.165) is 6.42 Å². The highest BCUT2D eigenvalue weighted by atomic mass is 28.5. The predicted molar refractivity (Wildman–Crippen MR) is 112 cm³/mol. The molecule has 0 rings (SSSR count). The number of hydrogen-bond acceptors (Lipinski definition) is 2. The van der Waals surface area contributed by atoms with E-state index in [1.165, 1.54) is 57.4 Å². The zero-order chi connectivity index (χ0) is 18.0. The Kier molecular flexibility index (Phi) is 11.5. The van der Waals surface area contributed by atoms with Gasteiger partial charge in [-0.15, -0.1) is 0 Å². The van der Waals surface area contributed by atoms with E-state index in [9.17, 15) is 0 Å². The number of unbranched alkanes of at least 4 members (excludes halogenated alkanes) is 8. The summed E-state index contributed by atoms with van der Waals surface area (Å²) in [6.45, 7) is 19.9. The van der Waals surface area contributed by atoms with E-state index in [2.05, 4.69) is 52.8 Å². The summed E-state index contributed by atoms with van der Waals surface area (Å²) in [6.07, 6.45) is 11.9. The Hall–Kier alpha value is 0.571. The van der Waals surface area contributed by atoms with Gasteiger partial charge in [0.1, 0.15) is 0 Å². The maximum Gasteiger partial charge on any atom is 0.314 e. The molecule has 5 heteroatoms. The smallest absolute Gasteiger partial charge is 0.314 e. The molecule has 0 bridgehead atoms. The lowest BCUT2D eigenvalue weighted by atomic mass is 10.1. The Labute approximate surface area is 150 Å². The van der Waals surface area contributed by atoms with Crippen molar-refractivity contribution >= 4 is 25.2 Å². The summed E-state index contributed by atoms with van der Waals surface area (Å²) in [6, 6.07) is 1.17. The fourth-order valence-electron chi connectivity index (χ4n) is 3.10. The minimum atomic E-state index is -1.99. The zero-order valence-corrected chi connectivity index (χ0v) is 20.1. The van der Waals surface area contributed by atoms with Crippen LogP contribution in [0.3, 0.4) is 0 Å². The van der Waals surface area contributed by atoms with Crippen LogP contribution in [0.5, 0.6) is 0 Å². The van der Waals surface area contributed by atoms with E-state index in [1.807, 2.05) is 0 Å². The van der Waals surface area contributed by atoms with Gasteiger partial charge in [0.25, 0.3) is 0 Å². The Morgan fingerprint density at radius 2 is 0.913 bits per heavy atom. The average Bonchev–Trinajstić information content (AvgIpc) is 2.32. The molecule has 2 nitrogen and oxygen atoms in total. The second kappa shape index (κ2) is 11.2. The molecular weight excluding hydrogens is 332 g/mol. The highest BCUT2D eigenvalue weighted by Gasteiger charge is 2.39. The van der Waals surface area contributed by atoms with Gasteiger partial charge < -0.3 is 8.23 Å². The minimum Gasteiger partial charge on any atom is -0.437 e. The van der Waals surface area contributed by atoms with Gasteiger partial charge in [0.15, 0.2) is 16.6 Å². The first-order chi connectivity index (χ1) is 10.5. The quantitative estimate of drug-likeness (QED) is 0.238. The van der Waals surface area contributed by atoms with Crippen molar-refractivity contribution in [2.75, 3.05) is 0 Å². The van der Waals surface area contributed by atoms with Crippen LogP contribution in [0.15, 0.2) is 0 Å². The highest BCUT2D eigenvalue weighted by Crippen LogP contribution is 2.26. The van der Waals surface area contributed by atoms with Gasteiger partial charge in [0, 0.05) is 0 Å². The molecule has 0 fully saturated rings. The molecule has 23 heavy (non-hydrogen) atoms. The van der Waals surface area contributed by atoms with E-state index in [1.54, 1.807) is 0 Å². The van der Waals surface area contributed by atoms with Crippen LogP contribution in [0, 0.1) is 6.92 Å². The molecule has 0 heterocycles. The standard InChI is InChI=1S/C18H43O2Si3/c1-9-10-11-12-13-14-15-16-17-18-23(8,19-21(2,3)4)20-22(5,6)7/h1,9-18H2,2-8H3. The largest absolute Gasteiger partial charge is 0.437 e. The highest BCUT2D eigenvalue weighted by molar-refractivity contribution is 6.87. The molecule has 0 aliphatic rings. The van der Waals surface area contributed by atoms with Crippen molar-refractivity contribution in [1.29, 1.82) is 0 Å². The molecule has 1 radical (unpaired) electrons. The number of rotatable bonds is 14. The van der Waals surface area contributed by atoms with Crippen molar-refractivity contribution < 1.29 is 8.23 Å². The van der Waals surface area contributed by atoms with Crippen molar-refractivity contribution in [1.82, 2.24) is 0 Å². The molecule has 0 amide bonds. The number of hydrogen-bond donors (Lipinski definition) is 0. The molecule has 0 aromatic carbocycles. The van der Waals surface area contributed by atoms with Crippen molar-refractivity contribution in [2.45, 2.75) is 110 Å². The van der Waals surface area contributed by atoms with Crippen LogP contribution in [-0.4, -0.2) is 25.2 Å². The van der Waals surface area contributed by atoms with Gasteiger partial charge in [0.05, 0.1) is 0 Å². The predicted octanol–water partition coefficient (Wildman–Crippen LogP) is 7.11. The topological polar surface area (TPSA) is 18.5 Å². The third-order valence-corrected chi connectivity index (χ3v) is 13.3. The van der Waals surface area contributed by atoms with Crippen molar-refractivity contribution in [2.24, 2.45) is 0 Å². The van der Waals surface area contributed by atoms with E-state index >= 15 is 0 Å². The van der Waals surface area contributed by atoms with E-state index in [0.29, 0.717) is 0 Å². The van der Waals surface area contributed by atoms with Crippen LogP contribution in [0.25, 0.3) is 0 Å². The molecule has 0 aromatic heterocycles. The molecule has 139 valence electrons. The summed E-state index contributed by atoms with van der Waals surface area (Å²) < 4.78 is 13.1. The Balaban J connectivity index is 4.06. The monoisotopic (exact) mass is 375 g/mol. The Bertz CT molecular complexity index is 280.